The number of carbonyl (C=O) groups is 1. The quantitative estimate of drug-likeness (QED) is 0.694. The molecule has 1 amide bonds. The molecule has 0 aromatic rings. The summed E-state index contributed by atoms with van der Waals surface area (Å²) in [6.45, 7) is -0.105. The van der Waals surface area contributed by atoms with Crippen LogP contribution in [0.5, 0.6) is 0 Å². The van der Waals surface area contributed by atoms with Crippen LogP contribution in [0.2, 0.25) is 0 Å². The summed E-state index contributed by atoms with van der Waals surface area (Å²) in [6, 6.07) is 0.255. The first-order valence-electron chi connectivity index (χ1n) is 6.64. The van der Waals surface area contributed by atoms with Crippen molar-refractivity contribution in [1.82, 2.24) is 9.21 Å². The Morgan fingerprint density at radius 3 is 2.32 bits per heavy atom. The lowest BCUT2D eigenvalue weighted by atomic mass is 9.94. The van der Waals surface area contributed by atoms with E-state index in [1.54, 1.807) is 11.9 Å². The third kappa shape index (κ3) is 4.93. The van der Waals surface area contributed by atoms with Crippen molar-refractivity contribution in [3.05, 3.63) is 0 Å². The number of carbonyl (C=O) groups excluding carboxylic acids is 1. The minimum atomic E-state index is -3.42. The number of sulfonamides is 1. The summed E-state index contributed by atoms with van der Waals surface area (Å²) < 4.78 is 24.6. The molecule has 1 saturated carbocycles. The Bertz CT molecular complexity index is 394. The fourth-order valence-electron chi connectivity index (χ4n) is 2.33. The maximum atomic E-state index is 12.1. The van der Waals surface area contributed by atoms with Gasteiger partial charge in [0.1, 0.15) is 0 Å². The molecule has 112 valence electrons. The van der Waals surface area contributed by atoms with E-state index in [1.165, 1.54) is 13.5 Å². The third-order valence-electron chi connectivity index (χ3n) is 3.68. The van der Waals surface area contributed by atoms with Gasteiger partial charge in [-0.15, -0.1) is 11.6 Å². The van der Waals surface area contributed by atoms with E-state index in [0.717, 1.165) is 30.0 Å². The van der Waals surface area contributed by atoms with E-state index < -0.39 is 10.0 Å². The van der Waals surface area contributed by atoms with Crippen LogP contribution in [0.1, 0.15) is 32.1 Å². The van der Waals surface area contributed by atoms with Crippen LogP contribution in [0, 0.1) is 0 Å². The van der Waals surface area contributed by atoms with E-state index in [4.69, 9.17) is 11.6 Å². The standard InChI is InChI=1S/C12H23ClN2O3S/c1-14(19(17,18)9-8-13)10-12(16)15(2)11-6-4-3-5-7-11/h11H,3-10H2,1-2H3. The number of nitrogens with zero attached hydrogens (tertiary/aromatic N) is 2. The maximum absolute atomic E-state index is 12.1. The third-order valence-corrected chi connectivity index (χ3v) is 5.90. The van der Waals surface area contributed by atoms with Crippen LogP contribution >= 0.6 is 11.6 Å². The lowest BCUT2D eigenvalue weighted by Gasteiger charge is -2.32. The predicted molar refractivity (Wildman–Crippen MR) is 76.8 cm³/mol. The summed E-state index contributed by atoms with van der Waals surface area (Å²) in [6.07, 6.45) is 5.54. The van der Waals surface area contributed by atoms with Gasteiger partial charge in [0.05, 0.1) is 12.3 Å². The van der Waals surface area contributed by atoms with E-state index >= 15 is 0 Å². The normalized spacial score (nSPS) is 17.7. The molecule has 0 aromatic heterocycles. The van der Waals surface area contributed by atoms with Crippen molar-refractivity contribution in [3.8, 4) is 0 Å². The van der Waals surface area contributed by atoms with Gasteiger partial charge in [0.2, 0.25) is 15.9 Å². The summed E-state index contributed by atoms with van der Waals surface area (Å²) in [5.74, 6) is -0.238. The van der Waals surface area contributed by atoms with Crippen molar-refractivity contribution in [2.45, 2.75) is 38.1 Å². The zero-order chi connectivity index (χ0) is 14.5. The van der Waals surface area contributed by atoms with Gasteiger partial charge in [-0.1, -0.05) is 19.3 Å². The average Bonchev–Trinajstić information content (AvgIpc) is 2.38. The fourth-order valence-corrected chi connectivity index (χ4v) is 3.72. The van der Waals surface area contributed by atoms with Crippen LogP contribution in [-0.2, 0) is 14.8 Å². The van der Waals surface area contributed by atoms with Gasteiger partial charge in [0.25, 0.3) is 0 Å². The highest BCUT2D eigenvalue weighted by molar-refractivity contribution is 7.89. The predicted octanol–water partition coefficient (Wildman–Crippen LogP) is 1.28. The molecule has 0 bridgehead atoms. The van der Waals surface area contributed by atoms with Gasteiger partial charge in [0, 0.05) is 26.0 Å². The minimum absolute atomic E-state index is 0.0410. The largest absolute Gasteiger partial charge is 0.342 e. The van der Waals surface area contributed by atoms with E-state index in [9.17, 15) is 13.2 Å². The molecule has 1 aliphatic carbocycles. The number of halogens is 1. The van der Waals surface area contributed by atoms with Gasteiger partial charge in [0.15, 0.2) is 0 Å². The van der Waals surface area contributed by atoms with Crippen LogP contribution in [0.4, 0.5) is 0 Å². The Morgan fingerprint density at radius 2 is 1.79 bits per heavy atom. The molecule has 7 heteroatoms. The second-order valence-corrected chi connectivity index (χ2v) is 7.63. The first kappa shape index (κ1) is 16.7. The maximum Gasteiger partial charge on any atom is 0.237 e. The summed E-state index contributed by atoms with van der Waals surface area (Å²) in [7, 11) is -0.226. The first-order chi connectivity index (χ1) is 8.88. The van der Waals surface area contributed by atoms with Gasteiger partial charge in [-0.25, -0.2) is 8.42 Å². The smallest absolute Gasteiger partial charge is 0.237 e. The molecule has 0 heterocycles. The molecule has 0 radical (unpaired) electrons. The van der Waals surface area contributed by atoms with Crippen LogP contribution < -0.4 is 0 Å². The topological polar surface area (TPSA) is 57.7 Å². The van der Waals surface area contributed by atoms with Crippen molar-refractivity contribution in [2.75, 3.05) is 32.3 Å². The Hall–Kier alpha value is -0.330. The lowest BCUT2D eigenvalue weighted by molar-refractivity contribution is -0.132. The number of rotatable bonds is 6. The zero-order valence-corrected chi connectivity index (χ0v) is 13.2. The Balaban J connectivity index is 2.53. The molecule has 0 aliphatic heterocycles. The van der Waals surface area contributed by atoms with Crippen LogP contribution in [-0.4, -0.2) is 61.8 Å². The summed E-state index contributed by atoms with van der Waals surface area (Å²) in [5, 5.41) is 0. The van der Waals surface area contributed by atoms with Crippen LogP contribution in [0.25, 0.3) is 0 Å². The summed E-state index contributed by atoms with van der Waals surface area (Å²) in [4.78, 5) is 13.8. The number of likely N-dealkylation sites (N-methyl/N-ethyl adjacent to an activating group) is 2. The molecule has 5 nitrogen and oxygen atoms in total. The Labute approximate surface area is 120 Å². The fraction of sp³-hybridized carbons (Fsp3) is 0.917. The van der Waals surface area contributed by atoms with E-state index in [1.807, 2.05) is 0 Å². The highest BCUT2D eigenvalue weighted by atomic mass is 35.5. The van der Waals surface area contributed by atoms with Gasteiger partial charge in [-0.05, 0) is 12.8 Å². The second-order valence-electron chi connectivity index (χ2n) is 5.06. The van der Waals surface area contributed by atoms with Gasteiger partial charge in [-0.2, -0.15) is 4.31 Å². The van der Waals surface area contributed by atoms with Crippen molar-refractivity contribution in [2.24, 2.45) is 0 Å². The van der Waals surface area contributed by atoms with E-state index in [-0.39, 0.29) is 30.1 Å². The van der Waals surface area contributed by atoms with E-state index in [0.29, 0.717) is 0 Å². The molecule has 0 aromatic carbocycles. The van der Waals surface area contributed by atoms with Crippen molar-refractivity contribution in [3.63, 3.8) is 0 Å². The Morgan fingerprint density at radius 1 is 1.21 bits per heavy atom. The Kier molecular flexibility index (Phi) is 6.56. The molecular weight excluding hydrogens is 288 g/mol. The van der Waals surface area contributed by atoms with Crippen molar-refractivity contribution in [1.29, 1.82) is 0 Å². The molecule has 19 heavy (non-hydrogen) atoms. The summed E-state index contributed by atoms with van der Waals surface area (Å²) >= 11 is 5.45. The zero-order valence-electron chi connectivity index (χ0n) is 11.6. The SMILES string of the molecule is CN(C(=O)CN(C)S(=O)(=O)CCCl)C1CCCCC1. The molecule has 0 atom stereocenters. The van der Waals surface area contributed by atoms with Crippen LogP contribution in [0.15, 0.2) is 0 Å². The van der Waals surface area contributed by atoms with Gasteiger partial charge < -0.3 is 4.90 Å². The monoisotopic (exact) mass is 310 g/mol. The first-order valence-corrected chi connectivity index (χ1v) is 8.78. The molecule has 0 unspecified atom stereocenters. The van der Waals surface area contributed by atoms with Gasteiger partial charge in [-0.3, -0.25) is 4.79 Å². The second kappa shape index (κ2) is 7.45. The highest BCUT2D eigenvalue weighted by Crippen LogP contribution is 2.21. The average molecular weight is 311 g/mol. The molecule has 1 aliphatic rings. The van der Waals surface area contributed by atoms with Gasteiger partial charge >= 0.3 is 0 Å². The molecule has 1 fully saturated rings. The number of hydrogen-bond acceptors (Lipinski definition) is 3. The molecule has 0 N–H and O–H groups in total. The van der Waals surface area contributed by atoms with Crippen molar-refractivity contribution < 1.29 is 13.2 Å². The van der Waals surface area contributed by atoms with Crippen LogP contribution in [0.3, 0.4) is 0 Å². The number of hydrogen-bond donors (Lipinski definition) is 0. The van der Waals surface area contributed by atoms with E-state index in [2.05, 4.69) is 0 Å². The molecular formula is C12H23ClN2O3S. The highest BCUT2D eigenvalue weighted by Gasteiger charge is 2.26. The minimum Gasteiger partial charge on any atom is -0.342 e. The number of amides is 1. The lowest BCUT2D eigenvalue weighted by Crippen LogP contribution is -2.45. The molecule has 0 saturated heterocycles. The molecule has 1 rings (SSSR count). The number of alkyl halides is 1. The molecule has 0 spiro atoms. The van der Waals surface area contributed by atoms with Crippen molar-refractivity contribution >= 4 is 27.5 Å². The summed E-state index contributed by atoms with van der Waals surface area (Å²) in [5.41, 5.74) is 0.